The predicted octanol–water partition coefficient (Wildman–Crippen LogP) is 1.69. The molecule has 0 saturated carbocycles. The Bertz CT molecular complexity index is 717. The highest BCUT2D eigenvalue weighted by atomic mass is 32.2. The van der Waals surface area contributed by atoms with Gasteiger partial charge in [-0.2, -0.15) is 8.42 Å². The monoisotopic (exact) mass is 257 g/mol. The first-order valence-electron chi connectivity index (χ1n) is 4.60. The molecule has 0 aliphatic rings. The van der Waals surface area contributed by atoms with Gasteiger partial charge in [0.05, 0.1) is 5.52 Å². The van der Waals surface area contributed by atoms with Gasteiger partial charge < -0.3 is 0 Å². The van der Waals surface area contributed by atoms with E-state index in [2.05, 4.69) is 0 Å². The zero-order valence-corrected chi connectivity index (χ0v) is 9.53. The third kappa shape index (κ3) is 1.94. The number of halogens is 1. The molecule has 2 rings (SSSR count). The average molecular weight is 257 g/mol. The van der Waals surface area contributed by atoms with Crippen LogP contribution in [0, 0.1) is 5.82 Å². The number of carbonyl (C=O) groups excluding carboxylic acids is 1. The van der Waals surface area contributed by atoms with Gasteiger partial charge >= 0.3 is 10.1 Å². The summed E-state index contributed by atoms with van der Waals surface area (Å²) in [6, 6.07) is 4.62. The lowest BCUT2D eigenvalue weighted by molar-refractivity contribution is 0.0931. The molecule has 0 aliphatic heterocycles. The maximum absolute atomic E-state index is 13.0. The van der Waals surface area contributed by atoms with Crippen molar-refractivity contribution < 1.29 is 22.2 Å². The van der Waals surface area contributed by atoms with E-state index in [1.54, 1.807) is 0 Å². The molecule has 0 amide bonds. The van der Waals surface area contributed by atoms with Gasteiger partial charge in [-0.05, 0) is 24.3 Å². The van der Waals surface area contributed by atoms with Crippen molar-refractivity contribution in [3.8, 4) is 0 Å². The molecule has 2 aromatic rings. The van der Waals surface area contributed by atoms with Crippen molar-refractivity contribution in [2.75, 3.05) is 0 Å². The highest BCUT2D eigenvalue weighted by molar-refractivity contribution is 7.85. The van der Waals surface area contributed by atoms with Gasteiger partial charge in [0.1, 0.15) is 5.82 Å². The van der Waals surface area contributed by atoms with Crippen LogP contribution in [0.15, 0.2) is 29.3 Å². The van der Waals surface area contributed by atoms with Gasteiger partial charge in [0, 0.05) is 12.3 Å². The molecular formula is C10H8FNO4S. The Hall–Kier alpha value is -1.73. The van der Waals surface area contributed by atoms with Crippen LogP contribution in [0.5, 0.6) is 0 Å². The highest BCUT2D eigenvalue weighted by Gasteiger charge is 2.21. The summed E-state index contributed by atoms with van der Waals surface area (Å²) >= 11 is 0. The van der Waals surface area contributed by atoms with E-state index in [1.807, 2.05) is 0 Å². The fraction of sp³-hybridized carbons (Fsp3) is 0.100. The van der Waals surface area contributed by atoms with E-state index in [1.165, 1.54) is 6.07 Å². The van der Waals surface area contributed by atoms with Crippen molar-refractivity contribution >= 4 is 26.9 Å². The van der Waals surface area contributed by atoms with Gasteiger partial charge in [0.15, 0.2) is 5.03 Å². The second-order valence-electron chi connectivity index (χ2n) is 3.52. The van der Waals surface area contributed by atoms with Crippen LogP contribution in [0.3, 0.4) is 0 Å². The molecule has 1 heterocycles. The molecule has 7 heteroatoms. The molecule has 1 N–H and O–H groups in total. The first-order valence-corrected chi connectivity index (χ1v) is 6.04. The summed E-state index contributed by atoms with van der Waals surface area (Å²) in [7, 11) is -4.53. The Labute approximate surface area is 96.2 Å². The molecule has 0 spiro atoms. The van der Waals surface area contributed by atoms with Gasteiger partial charge in [-0.1, -0.05) is 0 Å². The minimum absolute atomic E-state index is 0.102. The van der Waals surface area contributed by atoms with Gasteiger partial charge in [0.2, 0.25) is 5.91 Å². The zero-order chi connectivity index (χ0) is 12.8. The molecule has 0 fully saturated rings. The topological polar surface area (TPSA) is 76.4 Å². The summed E-state index contributed by atoms with van der Waals surface area (Å²) in [5.74, 6) is -1.22. The van der Waals surface area contributed by atoms with Crippen LogP contribution in [0.4, 0.5) is 4.39 Å². The number of benzene rings is 1. The van der Waals surface area contributed by atoms with Gasteiger partial charge in [-0.3, -0.25) is 13.9 Å². The van der Waals surface area contributed by atoms with E-state index in [4.69, 9.17) is 4.55 Å². The van der Waals surface area contributed by atoms with Crippen molar-refractivity contribution in [2.24, 2.45) is 0 Å². The van der Waals surface area contributed by atoms with Crippen LogP contribution >= 0.6 is 0 Å². The van der Waals surface area contributed by atoms with Crippen LogP contribution in [0.2, 0.25) is 0 Å². The first kappa shape index (κ1) is 11.7. The lowest BCUT2D eigenvalue weighted by Gasteiger charge is -2.03. The molecule has 0 unspecified atom stereocenters. The van der Waals surface area contributed by atoms with Crippen LogP contribution in [0.1, 0.15) is 11.7 Å². The van der Waals surface area contributed by atoms with Crippen LogP contribution in [-0.2, 0) is 10.1 Å². The number of fused-ring (bicyclic) bond motifs is 1. The maximum atomic E-state index is 13.0. The van der Waals surface area contributed by atoms with Crippen molar-refractivity contribution in [1.82, 2.24) is 4.57 Å². The lowest BCUT2D eigenvalue weighted by Crippen LogP contribution is -2.13. The van der Waals surface area contributed by atoms with Gasteiger partial charge in [-0.15, -0.1) is 0 Å². The number of carbonyl (C=O) groups is 1. The fourth-order valence-electron chi connectivity index (χ4n) is 1.66. The van der Waals surface area contributed by atoms with Gasteiger partial charge in [-0.25, -0.2) is 4.39 Å². The molecule has 17 heavy (non-hydrogen) atoms. The predicted molar refractivity (Wildman–Crippen MR) is 58.0 cm³/mol. The quantitative estimate of drug-likeness (QED) is 0.789. The first-order chi connectivity index (χ1) is 7.80. The summed E-state index contributed by atoms with van der Waals surface area (Å²) in [6.45, 7) is 1.12. The number of hydrogen-bond donors (Lipinski definition) is 1. The molecule has 90 valence electrons. The summed E-state index contributed by atoms with van der Waals surface area (Å²) < 4.78 is 45.0. The summed E-state index contributed by atoms with van der Waals surface area (Å²) in [5.41, 5.74) is 0.102. The fourth-order valence-corrected chi connectivity index (χ4v) is 2.40. The molecule has 0 atom stereocenters. The maximum Gasteiger partial charge on any atom is 0.310 e. The smallest absolute Gasteiger partial charge is 0.281 e. The standard InChI is InChI=1S/C10H8FNO4S/c1-6(13)12-9-5-8(11)3-2-7(9)4-10(12)17(14,15)16/h2-5H,1H3,(H,14,15,16). The summed E-state index contributed by atoms with van der Waals surface area (Å²) in [4.78, 5) is 11.4. The third-order valence-electron chi connectivity index (χ3n) is 2.31. The van der Waals surface area contributed by atoms with Crippen molar-refractivity contribution in [3.05, 3.63) is 30.1 Å². The Morgan fingerprint density at radius 2 is 2.00 bits per heavy atom. The van der Waals surface area contributed by atoms with E-state index < -0.39 is 26.9 Å². The van der Waals surface area contributed by atoms with Gasteiger partial charge in [0.25, 0.3) is 0 Å². The minimum Gasteiger partial charge on any atom is -0.281 e. The normalized spacial score (nSPS) is 11.9. The molecule has 1 aromatic carbocycles. The third-order valence-corrected chi connectivity index (χ3v) is 3.14. The minimum atomic E-state index is -4.53. The molecule has 0 saturated heterocycles. The highest BCUT2D eigenvalue weighted by Crippen LogP contribution is 2.24. The van der Waals surface area contributed by atoms with Crippen molar-refractivity contribution in [3.63, 3.8) is 0 Å². The van der Waals surface area contributed by atoms with Crippen molar-refractivity contribution in [2.45, 2.75) is 11.9 Å². The Morgan fingerprint density at radius 1 is 1.35 bits per heavy atom. The van der Waals surface area contributed by atoms with E-state index in [-0.39, 0.29) is 5.52 Å². The molecule has 0 radical (unpaired) electrons. The van der Waals surface area contributed by atoms with E-state index in [0.717, 1.165) is 29.7 Å². The molecule has 1 aromatic heterocycles. The Kier molecular flexibility index (Phi) is 2.52. The van der Waals surface area contributed by atoms with E-state index >= 15 is 0 Å². The lowest BCUT2D eigenvalue weighted by atomic mass is 10.2. The second kappa shape index (κ2) is 3.64. The van der Waals surface area contributed by atoms with E-state index in [0.29, 0.717) is 5.39 Å². The second-order valence-corrected chi connectivity index (χ2v) is 4.88. The average Bonchev–Trinajstić information content (AvgIpc) is 2.55. The van der Waals surface area contributed by atoms with Crippen LogP contribution < -0.4 is 0 Å². The SMILES string of the molecule is CC(=O)n1c(S(=O)(=O)O)cc2ccc(F)cc21. The number of nitrogens with zero attached hydrogens (tertiary/aromatic N) is 1. The summed E-state index contributed by atoms with van der Waals surface area (Å²) in [5, 5.41) is -0.208. The Morgan fingerprint density at radius 3 is 2.53 bits per heavy atom. The number of aromatic nitrogens is 1. The molecule has 0 bridgehead atoms. The van der Waals surface area contributed by atoms with Crippen molar-refractivity contribution in [1.29, 1.82) is 0 Å². The Balaban J connectivity index is 2.96. The zero-order valence-electron chi connectivity index (χ0n) is 8.71. The number of hydrogen-bond acceptors (Lipinski definition) is 3. The summed E-state index contributed by atoms with van der Waals surface area (Å²) in [6.07, 6.45) is 0. The van der Waals surface area contributed by atoms with E-state index in [9.17, 15) is 17.6 Å². The van der Waals surface area contributed by atoms with Crippen LogP contribution in [-0.4, -0.2) is 23.4 Å². The largest absolute Gasteiger partial charge is 0.310 e. The molecule has 5 nitrogen and oxygen atoms in total. The molecule has 0 aliphatic carbocycles. The molecular weight excluding hydrogens is 249 g/mol. The number of rotatable bonds is 1. The van der Waals surface area contributed by atoms with Crippen LogP contribution in [0.25, 0.3) is 10.9 Å².